The van der Waals surface area contributed by atoms with E-state index in [9.17, 15) is 4.79 Å². The Morgan fingerprint density at radius 1 is 0.933 bits per heavy atom. The van der Waals surface area contributed by atoms with Crippen LogP contribution in [0.15, 0.2) is 41.1 Å². The van der Waals surface area contributed by atoms with Crippen molar-refractivity contribution in [2.45, 2.75) is 6.42 Å². The number of ketones is 1. The van der Waals surface area contributed by atoms with Crippen molar-refractivity contribution in [1.29, 1.82) is 0 Å². The van der Waals surface area contributed by atoms with Gasteiger partial charge in [-0.05, 0) is 29.8 Å². The van der Waals surface area contributed by atoms with Gasteiger partial charge in [-0.3, -0.25) is 4.79 Å². The molecule has 0 radical (unpaired) electrons. The topological polar surface area (TPSA) is 106 Å². The van der Waals surface area contributed by atoms with E-state index in [2.05, 4.69) is 5.16 Å². The van der Waals surface area contributed by atoms with Crippen molar-refractivity contribution in [3.05, 3.63) is 42.1 Å². The number of hydrogen-bond acceptors (Lipinski definition) is 8. The molecule has 3 rings (SSSR count). The summed E-state index contributed by atoms with van der Waals surface area (Å²) in [4.78, 5) is 11.9. The van der Waals surface area contributed by atoms with E-state index in [1.807, 2.05) is 12.1 Å². The monoisotopic (exact) mass is 412 g/mol. The zero-order valence-corrected chi connectivity index (χ0v) is 17.4. The number of nitrogens with zero attached hydrogens (tertiary/aromatic N) is 1. The van der Waals surface area contributed by atoms with Gasteiger partial charge in [0.2, 0.25) is 5.75 Å². The third kappa shape index (κ3) is 4.08. The molecule has 0 unspecified atom stereocenters. The zero-order chi connectivity index (χ0) is 21.7. The maximum atomic E-state index is 11.9. The number of aromatic nitrogens is 1. The maximum absolute atomic E-state index is 11.9. The van der Waals surface area contributed by atoms with Gasteiger partial charge < -0.3 is 29.2 Å². The number of methoxy groups -OCH3 is 4. The van der Waals surface area contributed by atoms with Crippen molar-refractivity contribution in [3.8, 4) is 45.4 Å². The van der Waals surface area contributed by atoms with Gasteiger partial charge in [0.1, 0.15) is 5.75 Å². The van der Waals surface area contributed by atoms with E-state index in [1.54, 1.807) is 52.8 Å². The van der Waals surface area contributed by atoms with Gasteiger partial charge >= 0.3 is 0 Å². The SMILES string of the molecule is COc1ccc(-c2cnoc2-c2cc(OC)c(OC)c(OC)c2)cc1CC(=O)CN. The number of Topliss-reactive ketones (excluding diaryl/α,β-unsaturated/α-hetero) is 1. The summed E-state index contributed by atoms with van der Waals surface area (Å²) < 4.78 is 27.2. The Morgan fingerprint density at radius 3 is 2.17 bits per heavy atom. The van der Waals surface area contributed by atoms with Crippen molar-refractivity contribution in [3.63, 3.8) is 0 Å². The summed E-state index contributed by atoms with van der Waals surface area (Å²) in [5.41, 5.74) is 8.48. The summed E-state index contributed by atoms with van der Waals surface area (Å²) >= 11 is 0. The Hall–Kier alpha value is -3.52. The van der Waals surface area contributed by atoms with Crippen molar-refractivity contribution in [2.24, 2.45) is 5.73 Å². The lowest BCUT2D eigenvalue weighted by Gasteiger charge is -2.14. The van der Waals surface area contributed by atoms with Crippen LogP contribution in [0.2, 0.25) is 0 Å². The van der Waals surface area contributed by atoms with Crippen LogP contribution in [0.5, 0.6) is 23.0 Å². The number of nitrogens with two attached hydrogens (primary N) is 1. The second-order valence-electron chi connectivity index (χ2n) is 6.43. The van der Waals surface area contributed by atoms with E-state index in [1.165, 1.54) is 0 Å². The summed E-state index contributed by atoms with van der Waals surface area (Å²) in [5.74, 6) is 2.54. The van der Waals surface area contributed by atoms with Crippen molar-refractivity contribution < 1.29 is 28.3 Å². The molecule has 30 heavy (non-hydrogen) atoms. The summed E-state index contributed by atoms with van der Waals surface area (Å²) in [6.07, 6.45) is 1.80. The van der Waals surface area contributed by atoms with E-state index >= 15 is 0 Å². The number of carbonyl (C=O) groups is 1. The predicted molar refractivity (Wildman–Crippen MR) is 111 cm³/mol. The molecule has 158 valence electrons. The van der Waals surface area contributed by atoms with Crippen molar-refractivity contribution in [2.75, 3.05) is 35.0 Å². The summed E-state index contributed by atoms with van der Waals surface area (Å²) in [7, 11) is 6.20. The number of hydrogen-bond donors (Lipinski definition) is 1. The second kappa shape index (κ2) is 9.32. The normalized spacial score (nSPS) is 10.6. The second-order valence-corrected chi connectivity index (χ2v) is 6.43. The lowest BCUT2D eigenvalue weighted by Crippen LogP contribution is -2.16. The molecular formula is C22H24N2O6. The molecule has 0 bridgehead atoms. The fraction of sp³-hybridized carbons (Fsp3) is 0.273. The van der Waals surface area contributed by atoms with Crippen LogP contribution in [-0.2, 0) is 11.2 Å². The molecule has 8 heteroatoms. The third-order valence-electron chi connectivity index (χ3n) is 4.70. The van der Waals surface area contributed by atoms with E-state index in [4.69, 9.17) is 29.2 Å². The van der Waals surface area contributed by atoms with Crippen LogP contribution in [0.3, 0.4) is 0 Å². The smallest absolute Gasteiger partial charge is 0.203 e. The van der Waals surface area contributed by atoms with Crippen LogP contribution in [0.4, 0.5) is 0 Å². The zero-order valence-electron chi connectivity index (χ0n) is 17.4. The van der Waals surface area contributed by atoms with E-state index in [0.29, 0.717) is 34.3 Å². The Kier molecular flexibility index (Phi) is 6.58. The number of rotatable bonds is 9. The molecule has 0 amide bonds. The molecule has 3 aromatic rings. The molecule has 0 saturated carbocycles. The molecule has 0 fully saturated rings. The van der Waals surface area contributed by atoms with Gasteiger partial charge in [-0.2, -0.15) is 0 Å². The van der Waals surface area contributed by atoms with E-state index in [0.717, 1.165) is 16.7 Å². The van der Waals surface area contributed by atoms with Gasteiger partial charge in [0, 0.05) is 23.1 Å². The molecule has 1 aromatic heterocycles. The van der Waals surface area contributed by atoms with Gasteiger partial charge in [0.25, 0.3) is 0 Å². The first-order chi connectivity index (χ1) is 14.6. The van der Waals surface area contributed by atoms with Gasteiger partial charge in [-0.25, -0.2) is 0 Å². The average Bonchev–Trinajstić information content (AvgIpc) is 3.27. The Bertz CT molecular complexity index is 1020. The fourth-order valence-corrected chi connectivity index (χ4v) is 3.23. The number of carbonyl (C=O) groups excluding carboxylic acids is 1. The number of benzene rings is 2. The molecular weight excluding hydrogens is 388 g/mol. The highest BCUT2D eigenvalue weighted by Gasteiger charge is 2.20. The fourth-order valence-electron chi connectivity index (χ4n) is 3.23. The highest BCUT2D eigenvalue weighted by Crippen LogP contribution is 2.43. The van der Waals surface area contributed by atoms with Crippen LogP contribution in [-0.4, -0.2) is 45.9 Å². The largest absolute Gasteiger partial charge is 0.496 e. The lowest BCUT2D eigenvalue weighted by molar-refractivity contribution is -0.117. The Balaban J connectivity index is 2.10. The Labute approximate surface area is 174 Å². The van der Waals surface area contributed by atoms with Crippen LogP contribution in [0, 0.1) is 0 Å². The van der Waals surface area contributed by atoms with Crippen LogP contribution >= 0.6 is 0 Å². The standard InChI is InChI=1S/C22H24N2O6/c1-26-18-6-5-13(7-14(18)8-16(25)11-23)17-12-24-30-21(17)15-9-19(27-2)22(29-4)20(10-15)28-3/h5-7,9-10,12H,8,11,23H2,1-4H3. The maximum Gasteiger partial charge on any atom is 0.203 e. The minimum Gasteiger partial charge on any atom is -0.496 e. The van der Waals surface area contributed by atoms with E-state index in [-0.39, 0.29) is 18.7 Å². The van der Waals surface area contributed by atoms with Crippen molar-refractivity contribution in [1.82, 2.24) is 5.16 Å². The summed E-state index contributed by atoms with van der Waals surface area (Å²) in [6, 6.07) is 9.13. The average molecular weight is 412 g/mol. The highest BCUT2D eigenvalue weighted by atomic mass is 16.5. The molecule has 8 nitrogen and oxygen atoms in total. The molecule has 1 heterocycles. The lowest BCUT2D eigenvalue weighted by atomic mass is 9.98. The predicted octanol–water partition coefficient (Wildman–Crippen LogP) is 3.11. The minimum absolute atomic E-state index is 0.0304. The van der Waals surface area contributed by atoms with Gasteiger partial charge in [-0.15, -0.1) is 0 Å². The van der Waals surface area contributed by atoms with Gasteiger partial charge in [0.15, 0.2) is 23.0 Å². The van der Waals surface area contributed by atoms with Crippen LogP contribution in [0.1, 0.15) is 5.56 Å². The first-order valence-electron chi connectivity index (χ1n) is 9.20. The van der Waals surface area contributed by atoms with Gasteiger partial charge in [0.05, 0.1) is 41.2 Å². The molecule has 0 spiro atoms. The highest BCUT2D eigenvalue weighted by molar-refractivity contribution is 5.85. The molecule has 0 aliphatic rings. The first-order valence-corrected chi connectivity index (χ1v) is 9.20. The number of ether oxygens (including phenoxy) is 4. The minimum atomic E-state index is -0.0828. The molecule has 0 saturated heterocycles. The van der Waals surface area contributed by atoms with Crippen LogP contribution in [0.25, 0.3) is 22.5 Å². The summed E-state index contributed by atoms with van der Waals surface area (Å²) in [6.45, 7) is -0.0304. The van der Waals surface area contributed by atoms with Gasteiger partial charge in [-0.1, -0.05) is 11.2 Å². The van der Waals surface area contributed by atoms with Crippen LogP contribution < -0.4 is 24.7 Å². The molecule has 2 aromatic carbocycles. The molecule has 0 atom stereocenters. The first kappa shape index (κ1) is 21.2. The summed E-state index contributed by atoms with van der Waals surface area (Å²) in [5, 5.41) is 3.97. The Morgan fingerprint density at radius 2 is 1.60 bits per heavy atom. The molecule has 2 N–H and O–H groups in total. The van der Waals surface area contributed by atoms with E-state index < -0.39 is 0 Å². The quantitative estimate of drug-likeness (QED) is 0.571. The van der Waals surface area contributed by atoms with Crippen molar-refractivity contribution >= 4 is 5.78 Å². The molecule has 0 aliphatic heterocycles. The third-order valence-corrected chi connectivity index (χ3v) is 4.70. The molecule has 0 aliphatic carbocycles.